The molecule has 1 aromatic carbocycles. The van der Waals surface area contributed by atoms with Gasteiger partial charge in [0.1, 0.15) is 6.04 Å². The normalized spacial score (nSPS) is 22.2. The van der Waals surface area contributed by atoms with E-state index < -0.39 is 6.04 Å². The maximum Gasteiger partial charge on any atom is 0.245 e. The van der Waals surface area contributed by atoms with Gasteiger partial charge in [0.05, 0.1) is 12.3 Å². The smallest absolute Gasteiger partial charge is 0.245 e. The maximum absolute atomic E-state index is 13.6. The van der Waals surface area contributed by atoms with E-state index in [0.29, 0.717) is 49.4 Å². The number of carbonyl (C=O) groups excluding carboxylic acids is 3. The Hall–Kier alpha value is -3.01. The van der Waals surface area contributed by atoms with E-state index >= 15 is 0 Å². The first kappa shape index (κ1) is 27.0. The molecule has 2 aliphatic rings. The van der Waals surface area contributed by atoms with Crippen molar-refractivity contribution in [3.63, 3.8) is 0 Å². The summed E-state index contributed by atoms with van der Waals surface area (Å²) in [6.45, 7) is 10.3. The number of hydrogen-bond acceptors (Lipinski definition) is 6. The Balaban J connectivity index is 1.35. The highest BCUT2D eigenvalue weighted by atomic mass is 35.5. The average Bonchev–Trinajstić information content (AvgIpc) is 3.54. The van der Waals surface area contributed by atoms with Crippen molar-refractivity contribution in [3.05, 3.63) is 40.7 Å². The topological polar surface area (TPSA) is 124 Å². The minimum Gasteiger partial charge on any atom is -0.344 e. The van der Waals surface area contributed by atoms with Crippen molar-refractivity contribution in [1.29, 1.82) is 0 Å². The van der Waals surface area contributed by atoms with E-state index in [-0.39, 0.29) is 41.4 Å². The lowest BCUT2D eigenvalue weighted by atomic mass is 9.70. The SMILES string of the molecule is CC(C)[C@@H](NC(=O)[C@@H]1CCN(C(=O)Cc2nn[nH]n2)C1)C(=O)N1CC[C@H](c2ccc(Cl)cc2)C(C)(C)C1. The summed E-state index contributed by atoms with van der Waals surface area (Å²) in [7, 11) is 0. The third-order valence-electron chi connectivity index (χ3n) is 7.65. The molecule has 2 aliphatic heterocycles. The van der Waals surface area contributed by atoms with Gasteiger partial charge in [-0.2, -0.15) is 5.21 Å². The van der Waals surface area contributed by atoms with Gasteiger partial charge in [0.25, 0.3) is 0 Å². The predicted molar refractivity (Wildman–Crippen MR) is 139 cm³/mol. The predicted octanol–water partition coefficient (Wildman–Crippen LogP) is 2.43. The van der Waals surface area contributed by atoms with Crippen molar-refractivity contribution in [2.75, 3.05) is 26.2 Å². The van der Waals surface area contributed by atoms with Gasteiger partial charge in [0.15, 0.2) is 5.82 Å². The summed E-state index contributed by atoms with van der Waals surface area (Å²) < 4.78 is 0. The number of halogens is 1. The van der Waals surface area contributed by atoms with Crippen LogP contribution in [0.15, 0.2) is 24.3 Å². The lowest BCUT2D eigenvalue weighted by molar-refractivity contribution is -0.141. The Labute approximate surface area is 222 Å². The van der Waals surface area contributed by atoms with Gasteiger partial charge in [-0.1, -0.05) is 56.6 Å². The van der Waals surface area contributed by atoms with Crippen molar-refractivity contribution in [2.45, 2.75) is 58.9 Å². The van der Waals surface area contributed by atoms with Crippen LogP contribution in [0, 0.1) is 17.3 Å². The first-order valence-electron chi connectivity index (χ1n) is 12.9. The number of rotatable bonds is 7. The monoisotopic (exact) mass is 529 g/mol. The first-order chi connectivity index (χ1) is 17.5. The molecule has 0 spiro atoms. The number of carbonyl (C=O) groups is 3. The zero-order valence-corrected chi connectivity index (χ0v) is 22.7. The van der Waals surface area contributed by atoms with E-state index in [0.717, 1.165) is 6.42 Å². The second-order valence-electron chi connectivity index (χ2n) is 11.2. The van der Waals surface area contributed by atoms with Crippen molar-refractivity contribution >= 4 is 29.3 Å². The fourth-order valence-corrected chi connectivity index (χ4v) is 5.67. The molecule has 4 rings (SSSR count). The third-order valence-corrected chi connectivity index (χ3v) is 7.91. The van der Waals surface area contributed by atoms with Crippen LogP contribution in [-0.4, -0.2) is 80.4 Å². The van der Waals surface area contributed by atoms with Crippen molar-refractivity contribution in [1.82, 2.24) is 35.7 Å². The molecule has 3 amide bonds. The number of piperidine rings is 1. The molecule has 3 atom stereocenters. The Morgan fingerprint density at radius 2 is 1.84 bits per heavy atom. The van der Waals surface area contributed by atoms with E-state index in [9.17, 15) is 14.4 Å². The quantitative estimate of drug-likeness (QED) is 0.567. The molecule has 0 unspecified atom stereocenters. The lowest BCUT2D eigenvalue weighted by Gasteiger charge is -2.45. The Morgan fingerprint density at radius 1 is 1.14 bits per heavy atom. The van der Waals surface area contributed by atoms with Gasteiger partial charge in [0, 0.05) is 31.2 Å². The molecular weight excluding hydrogens is 494 g/mol. The number of likely N-dealkylation sites (tertiary alicyclic amines) is 2. The highest BCUT2D eigenvalue weighted by molar-refractivity contribution is 6.30. The van der Waals surface area contributed by atoms with Gasteiger partial charge >= 0.3 is 0 Å². The van der Waals surface area contributed by atoms with Crippen LogP contribution in [0.5, 0.6) is 0 Å². The second kappa shape index (κ2) is 11.2. The zero-order valence-electron chi connectivity index (χ0n) is 21.9. The van der Waals surface area contributed by atoms with Crippen molar-refractivity contribution in [3.8, 4) is 0 Å². The highest BCUT2D eigenvalue weighted by Gasteiger charge is 2.41. The summed E-state index contributed by atoms with van der Waals surface area (Å²) in [5, 5.41) is 17.2. The fraction of sp³-hybridized carbons (Fsp3) is 0.615. The number of aromatic nitrogens is 4. The van der Waals surface area contributed by atoms with Crippen LogP contribution in [-0.2, 0) is 20.8 Å². The molecule has 2 fully saturated rings. The molecule has 2 N–H and O–H groups in total. The number of H-pyrrole nitrogens is 1. The van der Waals surface area contributed by atoms with Gasteiger partial charge < -0.3 is 15.1 Å². The van der Waals surface area contributed by atoms with E-state index in [2.05, 4.69) is 51.9 Å². The number of hydrogen-bond donors (Lipinski definition) is 2. The minimum atomic E-state index is -0.612. The lowest BCUT2D eigenvalue weighted by Crippen LogP contribution is -2.56. The molecule has 0 saturated carbocycles. The molecular formula is C26H36ClN7O3. The summed E-state index contributed by atoms with van der Waals surface area (Å²) in [5.41, 5.74) is 1.10. The molecule has 2 aromatic rings. The van der Waals surface area contributed by atoms with Crippen LogP contribution >= 0.6 is 11.6 Å². The number of amides is 3. The number of benzene rings is 1. The fourth-order valence-electron chi connectivity index (χ4n) is 5.54. The van der Waals surface area contributed by atoms with Gasteiger partial charge in [-0.3, -0.25) is 14.4 Å². The van der Waals surface area contributed by atoms with Crippen molar-refractivity contribution < 1.29 is 14.4 Å². The number of tetrazole rings is 1. The standard InChI is InChI=1S/C26H36ClN7O3/c1-16(2)23(28-24(36)18-9-11-33(14-18)22(35)13-21-29-31-32-30-21)25(37)34-12-10-20(26(3,4)15-34)17-5-7-19(27)8-6-17/h5-8,16,18,20,23H,9-15H2,1-4H3,(H,28,36)(H,29,30,31,32)/t18-,20-,23-/m1/s1. The largest absolute Gasteiger partial charge is 0.344 e. The van der Waals surface area contributed by atoms with Crippen LogP contribution in [0.4, 0.5) is 0 Å². The first-order valence-corrected chi connectivity index (χ1v) is 13.3. The molecule has 10 nitrogen and oxygen atoms in total. The third kappa shape index (κ3) is 6.29. The van der Waals surface area contributed by atoms with E-state index in [1.165, 1.54) is 5.56 Å². The van der Waals surface area contributed by atoms with Gasteiger partial charge in [0.2, 0.25) is 17.7 Å². The molecule has 11 heteroatoms. The average molecular weight is 530 g/mol. The van der Waals surface area contributed by atoms with Crippen molar-refractivity contribution in [2.24, 2.45) is 17.3 Å². The number of nitrogens with zero attached hydrogens (tertiary/aromatic N) is 5. The second-order valence-corrected chi connectivity index (χ2v) is 11.6. The van der Waals surface area contributed by atoms with Gasteiger partial charge in [-0.25, -0.2) is 0 Å². The Kier molecular flexibility index (Phi) is 8.16. The molecule has 200 valence electrons. The summed E-state index contributed by atoms with van der Waals surface area (Å²) in [5.74, 6) is -0.145. The van der Waals surface area contributed by atoms with Crippen LogP contribution in [0.25, 0.3) is 0 Å². The van der Waals surface area contributed by atoms with Crippen LogP contribution in [0.1, 0.15) is 57.8 Å². The summed E-state index contributed by atoms with van der Waals surface area (Å²) in [6.07, 6.45) is 1.45. The summed E-state index contributed by atoms with van der Waals surface area (Å²) in [4.78, 5) is 42.9. The number of aromatic amines is 1. The molecule has 0 bridgehead atoms. The van der Waals surface area contributed by atoms with Crippen LogP contribution in [0.2, 0.25) is 5.02 Å². The molecule has 3 heterocycles. The van der Waals surface area contributed by atoms with E-state index in [1.54, 1.807) is 4.90 Å². The Bertz CT molecular complexity index is 1100. The molecule has 37 heavy (non-hydrogen) atoms. The minimum absolute atomic E-state index is 0.0414. The summed E-state index contributed by atoms with van der Waals surface area (Å²) in [6, 6.07) is 7.36. The van der Waals surface area contributed by atoms with Crippen LogP contribution in [0.3, 0.4) is 0 Å². The van der Waals surface area contributed by atoms with Crippen LogP contribution < -0.4 is 5.32 Å². The van der Waals surface area contributed by atoms with Gasteiger partial charge in [-0.15, -0.1) is 10.2 Å². The molecule has 1 aromatic heterocycles. The van der Waals surface area contributed by atoms with E-state index in [4.69, 9.17) is 11.6 Å². The molecule has 2 saturated heterocycles. The van der Waals surface area contributed by atoms with E-state index in [1.807, 2.05) is 30.9 Å². The van der Waals surface area contributed by atoms with Gasteiger partial charge in [-0.05, 0) is 47.8 Å². The Morgan fingerprint density at radius 3 is 2.46 bits per heavy atom. The molecule has 0 radical (unpaired) electrons. The molecule has 0 aliphatic carbocycles. The number of nitrogens with one attached hydrogen (secondary N) is 2. The maximum atomic E-state index is 13.6. The summed E-state index contributed by atoms with van der Waals surface area (Å²) >= 11 is 6.08. The zero-order chi connectivity index (χ0) is 26.7. The highest BCUT2D eigenvalue weighted by Crippen LogP contribution is 2.42.